The molecule has 1 N–H and O–H groups in total. The van der Waals surface area contributed by atoms with Crippen molar-refractivity contribution in [3.63, 3.8) is 0 Å². The first kappa shape index (κ1) is 9.43. The van der Waals surface area contributed by atoms with Crippen LogP contribution >= 0.6 is 23.2 Å². The van der Waals surface area contributed by atoms with Crippen molar-refractivity contribution in [2.24, 2.45) is 0 Å². The van der Waals surface area contributed by atoms with Crippen molar-refractivity contribution in [1.29, 1.82) is 0 Å². The normalized spacial score (nSPS) is 9.58. The van der Waals surface area contributed by atoms with E-state index in [1.54, 1.807) is 24.3 Å². The van der Waals surface area contributed by atoms with Crippen LogP contribution in [0.4, 0.5) is 0 Å². The van der Waals surface area contributed by atoms with E-state index in [-0.39, 0.29) is 10.2 Å². The molecule has 0 radical (unpaired) electrons. The third-order valence-corrected chi connectivity index (χ3v) is 1.71. The Morgan fingerprint density at radius 1 is 1.42 bits per heavy atom. The van der Waals surface area contributed by atoms with Gasteiger partial charge in [0.15, 0.2) is 0 Å². The fourth-order valence-electron chi connectivity index (χ4n) is 0.894. The number of hydrogen-bond donors (Lipinski definition) is 1. The molecule has 0 aliphatic rings. The largest absolute Gasteiger partial charge is 0.508 e. The number of aromatic hydroxyl groups is 1. The lowest BCUT2D eigenvalue weighted by molar-refractivity contribution is 0.471. The van der Waals surface area contributed by atoms with E-state index in [9.17, 15) is 5.11 Å². The Hall–Kier alpha value is -0.660. The number of phenols is 1. The molecule has 0 atom stereocenters. The quantitative estimate of drug-likeness (QED) is 0.740. The number of hydrogen-bond acceptors (Lipinski definition) is 1. The first-order valence-corrected chi connectivity index (χ1v) is 4.17. The molecule has 0 spiro atoms. The first-order chi connectivity index (χ1) is 5.59. The van der Waals surface area contributed by atoms with Crippen LogP contribution in [0.3, 0.4) is 0 Å². The van der Waals surface area contributed by atoms with Crippen LogP contribution in [0.2, 0.25) is 0 Å². The topological polar surface area (TPSA) is 20.2 Å². The van der Waals surface area contributed by atoms with E-state index in [2.05, 4.69) is 0 Å². The smallest absolute Gasteiger partial charge is 0.118 e. The summed E-state index contributed by atoms with van der Waals surface area (Å²) in [5.41, 5.74) is 1.68. The molecule has 3 heteroatoms. The zero-order chi connectivity index (χ0) is 9.14. The predicted octanol–water partition coefficient (Wildman–Crippen LogP) is 3.48. The number of benzene rings is 1. The Kier molecular flexibility index (Phi) is 3.01. The molecule has 0 amide bonds. The minimum atomic E-state index is 0.208. The molecule has 0 bridgehead atoms. The highest BCUT2D eigenvalue weighted by Gasteiger charge is 1.95. The Bertz CT molecular complexity index is 314. The Morgan fingerprint density at radius 3 is 2.58 bits per heavy atom. The van der Waals surface area contributed by atoms with Gasteiger partial charge in [-0.1, -0.05) is 29.3 Å². The molecule has 1 aromatic rings. The molecule has 0 fully saturated rings. The molecule has 1 nitrogen and oxygen atoms in total. The second-order valence-electron chi connectivity index (χ2n) is 2.48. The van der Waals surface area contributed by atoms with E-state index in [0.29, 0.717) is 0 Å². The summed E-state index contributed by atoms with van der Waals surface area (Å²) in [5.74, 6) is 0.276. The Labute approximate surface area is 81.2 Å². The highest BCUT2D eigenvalue weighted by molar-refractivity contribution is 6.57. The molecule has 0 saturated heterocycles. The average molecular weight is 203 g/mol. The van der Waals surface area contributed by atoms with Crippen molar-refractivity contribution in [1.82, 2.24) is 0 Å². The van der Waals surface area contributed by atoms with Gasteiger partial charge in [-0.3, -0.25) is 0 Å². The second-order valence-corrected chi connectivity index (χ2v) is 3.49. The molecule has 0 unspecified atom stereocenters. The van der Waals surface area contributed by atoms with E-state index >= 15 is 0 Å². The maximum absolute atomic E-state index is 9.19. The van der Waals surface area contributed by atoms with Gasteiger partial charge in [0.2, 0.25) is 0 Å². The summed E-state index contributed by atoms with van der Waals surface area (Å²) in [5, 5.41) is 9.19. The van der Waals surface area contributed by atoms with E-state index in [4.69, 9.17) is 23.2 Å². The number of rotatable bonds is 1. The minimum Gasteiger partial charge on any atom is -0.508 e. The number of phenolic OH excluding ortho intramolecular Hbond substituents is 1. The fourth-order valence-corrected chi connectivity index (χ4v) is 1.15. The molecular formula is C9H8Cl2O. The van der Waals surface area contributed by atoms with Crippen molar-refractivity contribution in [2.75, 3.05) is 0 Å². The summed E-state index contributed by atoms with van der Waals surface area (Å²) in [7, 11) is 0. The first-order valence-electron chi connectivity index (χ1n) is 3.42. The molecule has 1 rings (SSSR count). The lowest BCUT2D eigenvalue weighted by Gasteiger charge is -1.99. The van der Waals surface area contributed by atoms with Crippen LogP contribution in [-0.4, -0.2) is 5.11 Å². The Morgan fingerprint density at radius 2 is 2.08 bits per heavy atom. The molecule has 64 valence electrons. The van der Waals surface area contributed by atoms with Gasteiger partial charge >= 0.3 is 0 Å². The van der Waals surface area contributed by atoms with E-state index < -0.39 is 0 Å². The standard InChI is InChI=1S/C9H8Cl2O/c1-6-4-7(5-9(10)11)2-3-8(6)12/h2-5,12H,1H3. The zero-order valence-corrected chi connectivity index (χ0v) is 8.02. The van der Waals surface area contributed by atoms with Gasteiger partial charge in [-0.15, -0.1) is 0 Å². The van der Waals surface area contributed by atoms with Crippen molar-refractivity contribution >= 4 is 29.3 Å². The van der Waals surface area contributed by atoms with E-state index in [1.165, 1.54) is 0 Å². The van der Waals surface area contributed by atoms with Gasteiger partial charge in [0.1, 0.15) is 10.2 Å². The molecule has 0 heterocycles. The van der Waals surface area contributed by atoms with Gasteiger partial charge in [0.05, 0.1) is 0 Å². The summed E-state index contributed by atoms with van der Waals surface area (Å²) in [6.45, 7) is 1.81. The fraction of sp³-hybridized carbons (Fsp3) is 0.111. The Balaban J connectivity index is 3.05. The third kappa shape index (κ3) is 2.43. The van der Waals surface area contributed by atoms with Gasteiger partial charge in [-0.05, 0) is 36.3 Å². The zero-order valence-electron chi connectivity index (χ0n) is 6.51. The number of halogens is 2. The van der Waals surface area contributed by atoms with Crippen LogP contribution in [0.25, 0.3) is 6.08 Å². The molecular weight excluding hydrogens is 195 g/mol. The van der Waals surface area contributed by atoms with Crippen molar-refractivity contribution in [3.8, 4) is 5.75 Å². The molecule has 0 saturated carbocycles. The summed E-state index contributed by atoms with van der Waals surface area (Å²) in [4.78, 5) is 0. The molecule has 12 heavy (non-hydrogen) atoms. The maximum atomic E-state index is 9.19. The van der Waals surface area contributed by atoms with Gasteiger partial charge in [-0.2, -0.15) is 0 Å². The molecule has 1 aromatic carbocycles. The second kappa shape index (κ2) is 3.83. The van der Waals surface area contributed by atoms with Gasteiger partial charge in [0, 0.05) is 0 Å². The summed E-state index contributed by atoms with van der Waals surface area (Å²) >= 11 is 10.9. The van der Waals surface area contributed by atoms with Crippen LogP contribution < -0.4 is 0 Å². The summed E-state index contributed by atoms with van der Waals surface area (Å²) in [6, 6.07) is 5.16. The van der Waals surface area contributed by atoms with Crippen LogP contribution in [0.1, 0.15) is 11.1 Å². The number of aryl methyl sites for hydroxylation is 1. The van der Waals surface area contributed by atoms with Crippen LogP contribution in [0.5, 0.6) is 5.75 Å². The SMILES string of the molecule is Cc1cc(C=C(Cl)Cl)ccc1O. The highest BCUT2D eigenvalue weighted by atomic mass is 35.5. The predicted molar refractivity (Wildman–Crippen MR) is 52.5 cm³/mol. The van der Waals surface area contributed by atoms with Crippen molar-refractivity contribution in [2.45, 2.75) is 6.92 Å². The minimum absolute atomic E-state index is 0.208. The molecule has 0 aromatic heterocycles. The monoisotopic (exact) mass is 202 g/mol. The highest BCUT2D eigenvalue weighted by Crippen LogP contribution is 2.20. The van der Waals surface area contributed by atoms with Gasteiger partial charge < -0.3 is 5.11 Å². The maximum Gasteiger partial charge on any atom is 0.118 e. The van der Waals surface area contributed by atoms with E-state index in [1.807, 2.05) is 6.92 Å². The third-order valence-electron chi connectivity index (χ3n) is 1.50. The summed E-state index contributed by atoms with van der Waals surface area (Å²) in [6.07, 6.45) is 1.62. The van der Waals surface area contributed by atoms with E-state index in [0.717, 1.165) is 11.1 Å². The summed E-state index contributed by atoms with van der Waals surface area (Å²) < 4.78 is 0.208. The molecule has 0 aliphatic carbocycles. The van der Waals surface area contributed by atoms with Crippen LogP contribution in [0.15, 0.2) is 22.7 Å². The van der Waals surface area contributed by atoms with Crippen molar-refractivity contribution in [3.05, 3.63) is 33.8 Å². The van der Waals surface area contributed by atoms with Crippen LogP contribution in [-0.2, 0) is 0 Å². The van der Waals surface area contributed by atoms with Crippen LogP contribution in [0, 0.1) is 6.92 Å². The lowest BCUT2D eigenvalue weighted by Crippen LogP contribution is -1.76. The van der Waals surface area contributed by atoms with Gasteiger partial charge in [-0.25, -0.2) is 0 Å². The van der Waals surface area contributed by atoms with Crippen molar-refractivity contribution < 1.29 is 5.11 Å². The lowest BCUT2D eigenvalue weighted by atomic mass is 10.1. The van der Waals surface area contributed by atoms with Gasteiger partial charge in [0.25, 0.3) is 0 Å². The molecule has 0 aliphatic heterocycles. The average Bonchev–Trinajstić information content (AvgIpc) is 1.96.